The van der Waals surface area contributed by atoms with Crippen molar-refractivity contribution in [2.45, 2.75) is 13.0 Å². The summed E-state index contributed by atoms with van der Waals surface area (Å²) < 4.78 is 0. The molecule has 0 aromatic carbocycles. The Hall–Kier alpha value is -1.53. The summed E-state index contributed by atoms with van der Waals surface area (Å²) in [6.07, 6.45) is 3.73. The van der Waals surface area contributed by atoms with Crippen LogP contribution in [0.5, 0.6) is 0 Å². The molecule has 1 N–H and O–H groups in total. The lowest BCUT2D eigenvalue weighted by Gasteiger charge is -2.33. The number of carboxylic acid groups (broad SMARTS) is 1. The van der Waals surface area contributed by atoms with Crippen molar-refractivity contribution in [1.29, 1.82) is 0 Å². The van der Waals surface area contributed by atoms with E-state index in [0.29, 0.717) is 6.54 Å². The highest BCUT2D eigenvalue weighted by Crippen LogP contribution is 2.05. The van der Waals surface area contributed by atoms with Gasteiger partial charge >= 0.3 is 5.97 Å². The fourth-order valence-electron chi connectivity index (χ4n) is 2.04. The molecule has 0 saturated carbocycles. The van der Waals surface area contributed by atoms with Gasteiger partial charge in [0.05, 0.1) is 13.0 Å². The van der Waals surface area contributed by atoms with E-state index in [4.69, 9.17) is 5.11 Å². The van der Waals surface area contributed by atoms with Crippen LogP contribution in [0.25, 0.3) is 0 Å². The molecule has 0 bridgehead atoms. The molecule has 6 nitrogen and oxygen atoms in total. The van der Waals surface area contributed by atoms with Gasteiger partial charge in [0.25, 0.3) is 0 Å². The van der Waals surface area contributed by atoms with Crippen molar-refractivity contribution in [1.82, 2.24) is 19.8 Å². The van der Waals surface area contributed by atoms with E-state index in [-0.39, 0.29) is 6.42 Å². The number of rotatable bonds is 5. The van der Waals surface area contributed by atoms with Gasteiger partial charge in [-0.15, -0.1) is 0 Å². The summed E-state index contributed by atoms with van der Waals surface area (Å²) in [5.74, 6) is 0.117. The number of carbonyl (C=O) groups is 1. The standard InChI is InChI=1S/C12H18N4O2/c17-12(18)2-5-15-6-8-16(9-7-15)10-11-13-3-1-4-14-11/h1,3-4H,2,5-10H2,(H,17,18). The molecule has 0 unspecified atom stereocenters. The first kappa shape index (κ1) is 12.9. The van der Waals surface area contributed by atoms with Gasteiger partial charge in [-0.05, 0) is 6.07 Å². The third-order valence-corrected chi connectivity index (χ3v) is 3.09. The lowest BCUT2D eigenvalue weighted by atomic mass is 10.3. The summed E-state index contributed by atoms with van der Waals surface area (Å²) in [5, 5.41) is 8.64. The van der Waals surface area contributed by atoms with Crippen molar-refractivity contribution in [2.75, 3.05) is 32.7 Å². The molecule has 6 heteroatoms. The molecule has 98 valence electrons. The van der Waals surface area contributed by atoms with E-state index in [9.17, 15) is 4.79 Å². The molecule has 1 aromatic heterocycles. The van der Waals surface area contributed by atoms with Crippen LogP contribution in [0.1, 0.15) is 12.2 Å². The Labute approximate surface area is 106 Å². The maximum atomic E-state index is 10.5. The van der Waals surface area contributed by atoms with E-state index in [1.807, 2.05) is 6.07 Å². The third kappa shape index (κ3) is 4.05. The van der Waals surface area contributed by atoms with Crippen LogP contribution < -0.4 is 0 Å². The number of carboxylic acids is 1. The molecular formula is C12H18N4O2. The fraction of sp³-hybridized carbons (Fsp3) is 0.583. The average Bonchev–Trinajstić information content (AvgIpc) is 2.39. The molecule has 0 spiro atoms. The van der Waals surface area contributed by atoms with Gasteiger partial charge in [-0.25, -0.2) is 9.97 Å². The molecule has 18 heavy (non-hydrogen) atoms. The number of piperazine rings is 1. The van der Waals surface area contributed by atoms with Gasteiger partial charge in [0.15, 0.2) is 0 Å². The molecule has 1 saturated heterocycles. The Morgan fingerprint density at radius 1 is 1.17 bits per heavy atom. The van der Waals surface area contributed by atoms with E-state index in [1.54, 1.807) is 12.4 Å². The van der Waals surface area contributed by atoms with Gasteiger partial charge < -0.3 is 10.0 Å². The monoisotopic (exact) mass is 250 g/mol. The SMILES string of the molecule is O=C(O)CCN1CCN(Cc2ncccn2)CC1. The molecule has 1 fully saturated rings. The first-order chi connectivity index (χ1) is 8.74. The van der Waals surface area contributed by atoms with Crippen LogP contribution in [0.15, 0.2) is 18.5 Å². The van der Waals surface area contributed by atoms with Crippen molar-refractivity contribution in [3.8, 4) is 0 Å². The van der Waals surface area contributed by atoms with Gasteiger partial charge in [0, 0.05) is 45.1 Å². The highest BCUT2D eigenvalue weighted by atomic mass is 16.4. The van der Waals surface area contributed by atoms with Crippen molar-refractivity contribution in [3.05, 3.63) is 24.3 Å². The zero-order chi connectivity index (χ0) is 12.8. The summed E-state index contributed by atoms with van der Waals surface area (Å²) in [5.41, 5.74) is 0. The number of hydrogen-bond donors (Lipinski definition) is 1. The lowest BCUT2D eigenvalue weighted by Crippen LogP contribution is -2.46. The number of nitrogens with zero attached hydrogens (tertiary/aromatic N) is 4. The van der Waals surface area contributed by atoms with Crippen LogP contribution in [0.3, 0.4) is 0 Å². The second-order valence-corrected chi connectivity index (χ2v) is 4.43. The van der Waals surface area contributed by atoms with Crippen LogP contribution in [0, 0.1) is 0 Å². The zero-order valence-corrected chi connectivity index (χ0v) is 10.3. The Kier molecular flexibility index (Phi) is 4.60. The number of aliphatic carboxylic acids is 1. The molecule has 2 rings (SSSR count). The quantitative estimate of drug-likeness (QED) is 0.797. The minimum Gasteiger partial charge on any atom is -0.481 e. The van der Waals surface area contributed by atoms with Gasteiger partial charge in [-0.1, -0.05) is 0 Å². The van der Waals surface area contributed by atoms with Gasteiger partial charge in [-0.2, -0.15) is 0 Å². The molecule has 0 atom stereocenters. The molecular weight excluding hydrogens is 232 g/mol. The highest BCUT2D eigenvalue weighted by molar-refractivity contribution is 5.66. The Bertz CT molecular complexity index is 377. The minimum absolute atomic E-state index is 0.224. The second-order valence-electron chi connectivity index (χ2n) is 4.43. The molecule has 0 amide bonds. The van der Waals surface area contributed by atoms with Crippen molar-refractivity contribution < 1.29 is 9.90 Å². The van der Waals surface area contributed by atoms with Crippen LogP contribution >= 0.6 is 0 Å². The maximum Gasteiger partial charge on any atom is 0.304 e. The van der Waals surface area contributed by atoms with E-state index in [1.165, 1.54) is 0 Å². The summed E-state index contributed by atoms with van der Waals surface area (Å²) in [6.45, 7) is 5.13. The summed E-state index contributed by atoms with van der Waals surface area (Å²) in [6, 6.07) is 1.81. The molecule has 1 aliphatic rings. The van der Waals surface area contributed by atoms with E-state index < -0.39 is 5.97 Å². The smallest absolute Gasteiger partial charge is 0.304 e. The Balaban J connectivity index is 1.72. The van der Waals surface area contributed by atoms with Crippen molar-refractivity contribution in [2.24, 2.45) is 0 Å². The molecule has 0 aliphatic carbocycles. The van der Waals surface area contributed by atoms with Crippen molar-refractivity contribution in [3.63, 3.8) is 0 Å². The van der Waals surface area contributed by atoms with Crippen molar-refractivity contribution >= 4 is 5.97 Å². The largest absolute Gasteiger partial charge is 0.481 e. The zero-order valence-electron chi connectivity index (χ0n) is 10.3. The average molecular weight is 250 g/mol. The Morgan fingerprint density at radius 3 is 2.39 bits per heavy atom. The normalized spacial score (nSPS) is 17.8. The van der Waals surface area contributed by atoms with E-state index in [0.717, 1.165) is 38.5 Å². The summed E-state index contributed by atoms with van der Waals surface area (Å²) in [7, 11) is 0. The summed E-state index contributed by atoms with van der Waals surface area (Å²) in [4.78, 5) is 23.4. The molecule has 1 aliphatic heterocycles. The molecule has 1 aromatic rings. The van der Waals surface area contributed by atoms with Gasteiger partial charge in [0.2, 0.25) is 0 Å². The van der Waals surface area contributed by atoms with Crippen LogP contribution in [-0.2, 0) is 11.3 Å². The van der Waals surface area contributed by atoms with Crippen LogP contribution in [-0.4, -0.2) is 63.6 Å². The van der Waals surface area contributed by atoms with E-state index in [2.05, 4.69) is 19.8 Å². The highest BCUT2D eigenvalue weighted by Gasteiger charge is 2.17. The molecule has 2 heterocycles. The minimum atomic E-state index is -0.727. The van der Waals surface area contributed by atoms with Crippen LogP contribution in [0.4, 0.5) is 0 Å². The summed E-state index contributed by atoms with van der Waals surface area (Å²) >= 11 is 0. The second kappa shape index (κ2) is 6.42. The number of hydrogen-bond acceptors (Lipinski definition) is 5. The lowest BCUT2D eigenvalue weighted by molar-refractivity contribution is -0.137. The van der Waals surface area contributed by atoms with Gasteiger partial charge in [-0.3, -0.25) is 9.69 Å². The first-order valence-electron chi connectivity index (χ1n) is 6.16. The topological polar surface area (TPSA) is 69.6 Å². The maximum absolute atomic E-state index is 10.5. The fourth-order valence-corrected chi connectivity index (χ4v) is 2.04. The third-order valence-electron chi connectivity index (χ3n) is 3.09. The van der Waals surface area contributed by atoms with E-state index >= 15 is 0 Å². The van der Waals surface area contributed by atoms with Gasteiger partial charge in [0.1, 0.15) is 5.82 Å². The molecule has 0 radical (unpaired) electrons. The predicted molar refractivity (Wildman–Crippen MR) is 66.0 cm³/mol. The number of aromatic nitrogens is 2. The first-order valence-corrected chi connectivity index (χ1v) is 6.16. The predicted octanol–water partition coefficient (Wildman–Crippen LogP) is 0.0689. The Morgan fingerprint density at radius 2 is 1.78 bits per heavy atom. The van der Waals surface area contributed by atoms with Crippen LogP contribution in [0.2, 0.25) is 0 Å².